The highest BCUT2D eigenvalue weighted by molar-refractivity contribution is 5.35. The molecule has 0 radical (unpaired) electrons. The lowest BCUT2D eigenvalue weighted by Crippen LogP contribution is -2.24. The van der Waals surface area contributed by atoms with E-state index in [1.54, 1.807) is 0 Å². The summed E-state index contributed by atoms with van der Waals surface area (Å²) in [6.45, 7) is 6.49. The van der Waals surface area contributed by atoms with Crippen molar-refractivity contribution >= 4 is 5.82 Å². The molecule has 0 aromatic carbocycles. The molecule has 1 aliphatic carbocycles. The van der Waals surface area contributed by atoms with E-state index in [1.807, 2.05) is 19.2 Å². The maximum atomic E-state index is 5.64. The van der Waals surface area contributed by atoms with Crippen molar-refractivity contribution in [3.63, 3.8) is 0 Å². The second-order valence-corrected chi connectivity index (χ2v) is 5.50. The molecule has 1 aromatic rings. The Morgan fingerprint density at radius 1 is 1.35 bits per heavy atom. The molecule has 1 aromatic heterocycles. The Balaban J connectivity index is 1.67. The van der Waals surface area contributed by atoms with Crippen LogP contribution in [0.4, 0.5) is 5.82 Å². The summed E-state index contributed by atoms with van der Waals surface area (Å²) in [5.74, 6) is 1.73. The first-order valence-electron chi connectivity index (χ1n) is 7.61. The minimum absolute atomic E-state index is 0.758. The van der Waals surface area contributed by atoms with E-state index in [2.05, 4.69) is 27.3 Å². The molecule has 5 heteroatoms. The van der Waals surface area contributed by atoms with E-state index >= 15 is 0 Å². The van der Waals surface area contributed by atoms with Gasteiger partial charge in [0.2, 0.25) is 0 Å². The molecule has 0 bridgehead atoms. The van der Waals surface area contributed by atoms with Crippen LogP contribution in [0.25, 0.3) is 0 Å². The second kappa shape index (κ2) is 8.17. The largest absolute Gasteiger partial charge is 0.379 e. The molecule has 1 N–H and O–H groups in total. The predicted molar refractivity (Wildman–Crippen MR) is 80.8 cm³/mol. The van der Waals surface area contributed by atoms with Crippen LogP contribution in [-0.4, -0.2) is 43.5 Å². The van der Waals surface area contributed by atoms with E-state index in [9.17, 15) is 0 Å². The second-order valence-electron chi connectivity index (χ2n) is 5.50. The van der Waals surface area contributed by atoms with E-state index in [0.717, 1.165) is 56.7 Å². The predicted octanol–water partition coefficient (Wildman–Crippen LogP) is 1.84. The minimum atomic E-state index is 0.758. The molecule has 112 valence electrons. The van der Waals surface area contributed by atoms with Crippen LogP contribution in [0.5, 0.6) is 0 Å². The Labute approximate surface area is 121 Å². The van der Waals surface area contributed by atoms with E-state index in [-0.39, 0.29) is 0 Å². The number of nitrogens with one attached hydrogen (secondary N) is 1. The monoisotopic (exact) mass is 278 g/mol. The molecule has 1 heterocycles. The summed E-state index contributed by atoms with van der Waals surface area (Å²) in [4.78, 5) is 2.09. The SMILES string of the molecule is CCCNCc1ccc(N(C)CCOCC2CC2)nn1. The highest BCUT2D eigenvalue weighted by Gasteiger charge is 2.20. The zero-order valence-electron chi connectivity index (χ0n) is 12.6. The zero-order valence-corrected chi connectivity index (χ0v) is 12.6. The van der Waals surface area contributed by atoms with Gasteiger partial charge in [0, 0.05) is 26.7 Å². The van der Waals surface area contributed by atoms with Crippen LogP contribution < -0.4 is 10.2 Å². The van der Waals surface area contributed by atoms with Gasteiger partial charge in [-0.05, 0) is 43.9 Å². The molecule has 0 saturated heterocycles. The Kier molecular flexibility index (Phi) is 6.21. The third-order valence-corrected chi connectivity index (χ3v) is 3.45. The third-order valence-electron chi connectivity index (χ3n) is 3.45. The average Bonchev–Trinajstić information content (AvgIpc) is 3.28. The molecule has 1 fully saturated rings. The van der Waals surface area contributed by atoms with E-state index < -0.39 is 0 Å². The summed E-state index contributed by atoms with van der Waals surface area (Å²) in [5.41, 5.74) is 0.987. The Morgan fingerprint density at radius 3 is 2.85 bits per heavy atom. The molecule has 0 amide bonds. The van der Waals surface area contributed by atoms with E-state index in [0.29, 0.717) is 0 Å². The van der Waals surface area contributed by atoms with Crippen LogP contribution in [0, 0.1) is 5.92 Å². The normalized spacial score (nSPS) is 14.5. The number of rotatable bonds is 10. The van der Waals surface area contributed by atoms with Crippen molar-refractivity contribution in [3.05, 3.63) is 17.8 Å². The van der Waals surface area contributed by atoms with Gasteiger partial charge in [-0.15, -0.1) is 5.10 Å². The van der Waals surface area contributed by atoms with Gasteiger partial charge >= 0.3 is 0 Å². The van der Waals surface area contributed by atoms with Crippen molar-refractivity contribution in [1.29, 1.82) is 0 Å². The van der Waals surface area contributed by atoms with Crippen LogP contribution in [0.15, 0.2) is 12.1 Å². The maximum Gasteiger partial charge on any atom is 0.151 e. The first-order chi connectivity index (χ1) is 9.79. The van der Waals surface area contributed by atoms with Gasteiger partial charge < -0.3 is 15.0 Å². The summed E-state index contributed by atoms with van der Waals surface area (Å²) in [5, 5.41) is 11.8. The van der Waals surface area contributed by atoms with Crippen molar-refractivity contribution in [2.45, 2.75) is 32.7 Å². The van der Waals surface area contributed by atoms with Gasteiger partial charge in [-0.2, -0.15) is 5.10 Å². The van der Waals surface area contributed by atoms with E-state index in [1.165, 1.54) is 12.8 Å². The number of aromatic nitrogens is 2. The molecule has 0 spiro atoms. The topological polar surface area (TPSA) is 50.3 Å². The lowest BCUT2D eigenvalue weighted by atomic mass is 10.3. The van der Waals surface area contributed by atoms with Crippen LogP contribution >= 0.6 is 0 Å². The number of nitrogens with zero attached hydrogens (tertiary/aromatic N) is 3. The van der Waals surface area contributed by atoms with Gasteiger partial charge in [0.25, 0.3) is 0 Å². The maximum absolute atomic E-state index is 5.64. The van der Waals surface area contributed by atoms with Crippen LogP contribution in [0.3, 0.4) is 0 Å². The Morgan fingerprint density at radius 2 is 2.20 bits per heavy atom. The fraction of sp³-hybridized carbons (Fsp3) is 0.733. The third kappa shape index (κ3) is 5.43. The number of anilines is 1. The van der Waals surface area contributed by atoms with Gasteiger partial charge in [-0.1, -0.05) is 6.92 Å². The van der Waals surface area contributed by atoms with Gasteiger partial charge in [-0.3, -0.25) is 0 Å². The van der Waals surface area contributed by atoms with Gasteiger partial charge in [0.1, 0.15) is 0 Å². The first kappa shape index (κ1) is 15.2. The molecule has 0 aliphatic heterocycles. The Hall–Kier alpha value is -1.20. The van der Waals surface area contributed by atoms with Crippen molar-refractivity contribution in [3.8, 4) is 0 Å². The molecule has 20 heavy (non-hydrogen) atoms. The highest BCUT2D eigenvalue weighted by Crippen LogP contribution is 2.28. The molecule has 5 nitrogen and oxygen atoms in total. The Bertz CT molecular complexity index is 378. The van der Waals surface area contributed by atoms with Gasteiger partial charge in [-0.25, -0.2) is 0 Å². The summed E-state index contributed by atoms with van der Waals surface area (Å²) >= 11 is 0. The molecule has 2 rings (SSSR count). The molecule has 1 saturated carbocycles. The van der Waals surface area contributed by atoms with Crippen LogP contribution in [-0.2, 0) is 11.3 Å². The average molecular weight is 278 g/mol. The van der Waals surface area contributed by atoms with Gasteiger partial charge in [0.15, 0.2) is 5.82 Å². The lowest BCUT2D eigenvalue weighted by Gasteiger charge is -2.17. The quantitative estimate of drug-likeness (QED) is 0.662. The zero-order chi connectivity index (χ0) is 14.2. The fourth-order valence-corrected chi connectivity index (χ4v) is 1.89. The summed E-state index contributed by atoms with van der Waals surface area (Å²) in [7, 11) is 2.03. The summed E-state index contributed by atoms with van der Waals surface area (Å²) in [6, 6.07) is 4.06. The number of hydrogen-bond acceptors (Lipinski definition) is 5. The summed E-state index contributed by atoms with van der Waals surface area (Å²) in [6.07, 6.45) is 3.82. The van der Waals surface area contributed by atoms with Crippen LogP contribution in [0.2, 0.25) is 0 Å². The first-order valence-corrected chi connectivity index (χ1v) is 7.61. The lowest BCUT2D eigenvalue weighted by molar-refractivity contribution is 0.130. The van der Waals surface area contributed by atoms with Crippen LogP contribution in [0.1, 0.15) is 31.9 Å². The molecule has 0 atom stereocenters. The van der Waals surface area contributed by atoms with Crippen molar-refractivity contribution < 1.29 is 4.74 Å². The smallest absolute Gasteiger partial charge is 0.151 e. The highest BCUT2D eigenvalue weighted by atomic mass is 16.5. The molecule has 1 aliphatic rings. The van der Waals surface area contributed by atoms with Crippen molar-refractivity contribution in [2.75, 3.05) is 38.3 Å². The van der Waals surface area contributed by atoms with Crippen molar-refractivity contribution in [1.82, 2.24) is 15.5 Å². The standard InChI is InChI=1S/C15H26N4O/c1-3-8-16-11-14-6-7-15(18-17-14)19(2)9-10-20-12-13-4-5-13/h6-7,13,16H,3-5,8-12H2,1-2H3. The molecule has 0 unspecified atom stereocenters. The van der Waals surface area contributed by atoms with Gasteiger partial charge in [0.05, 0.1) is 12.3 Å². The molecular formula is C15H26N4O. The number of ether oxygens (including phenoxy) is 1. The minimum Gasteiger partial charge on any atom is -0.379 e. The number of hydrogen-bond donors (Lipinski definition) is 1. The molecular weight excluding hydrogens is 252 g/mol. The fourth-order valence-electron chi connectivity index (χ4n) is 1.89. The van der Waals surface area contributed by atoms with Crippen molar-refractivity contribution in [2.24, 2.45) is 5.92 Å². The summed E-state index contributed by atoms with van der Waals surface area (Å²) < 4.78 is 5.64. The number of likely N-dealkylation sites (N-methyl/N-ethyl adjacent to an activating group) is 1. The van der Waals surface area contributed by atoms with E-state index in [4.69, 9.17) is 4.74 Å².